The zero-order chi connectivity index (χ0) is 23.5. The second-order valence-electron chi connectivity index (χ2n) is 8.92. The van der Waals surface area contributed by atoms with Crippen molar-refractivity contribution in [2.24, 2.45) is 17.8 Å². The second kappa shape index (κ2) is 9.65. The summed E-state index contributed by atoms with van der Waals surface area (Å²) in [5, 5.41) is 11.9. The lowest BCUT2D eigenvalue weighted by Gasteiger charge is -2.23. The van der Waals surface area contributed by atoms with Crippen molar-refractivity contribution in [1.82, 2.24) is 10.2 Å². The number of ether oxygens (including phenoxy) is 1. The van der Waals surface area contributed by atoms with Crippen molar-refractivity contribution in [3.63, 3.8) is 0 Å². The fraction of sp³-hybridized carbons (Fsp3) is 0.423. The highest BCUT2D eigenvalue weighted by atomic mass is 16.5. The molecule has 0 radical (unpaired) electrons. The number of hydrogen-bond donors (Lipinski definition) is 2. The predicted molar refractivity (Wildman–Crippen MR) is 124 cm³/mol. The Kier molecular flexibility index (Phi) is 6.67. The molecule has 0 aliphatic heterocycles. The molecule has 7 nitrogen and oxygen atoms in total. The van der Waals surface area contributed by atoms with Crippen LogP contribution in [0.5, 0.6) is 0 Å². The van der Waals surface area contributed by atoms with Crippen molar-refractivity contribution in [3.05, 3.63) is 59.7 Å². The van der Waals surface area contributed by atoms with Crippen molar-refractivity contribution < 1.29 is 24.2 Å². The second-order valence-corrected chi connectivity index (χ2v) is 8.92. The summed E-state index contributed by atoms with van der Waals surface area (Å²) in [6.45, 7) is 4.75. The third-order valence-electron chi connectivity index (χ3n) is 6.70. The molecule has 3 atom stereocenters. The van der Waals surface area contributed by atoms with E-state index in [2.05, 4.69) is 29.6 Å². The molecule has 2 aliphatic rings. The summed E-state index contributed by atoms with van der Waals surface area (Å²) in [6.07, 6.45) is 0.210. The minimum absolute atomic E-state index is 0.00717. The molecular formula is C26H30N2O5. The van der Waals surface area contributed by atoms with Gasteiger partial charge in [-0.25, -0.2) is 4.79 Å². The summed E-state index contributed by atoms with van der Waals surface area (Å²) < 4.78 is 5.55. The monoisotopic (exact) mass is 450 g/mol. The van der Waals surface area contributed by atoms with E-state index in [1.54, 1.807) is 11.8 Å². The molecule has 2 aromatic carbocycles. The van der Waals surface area contributed by atoms with Crippen molar-refractivity contribution in [3.8, 4) is 11.1 Å². The highest BCUT2D eigenvalue weighted by Crippen LogP contribution is 2.44. The average Bonchev–Trinajstić information content (AvgIpc) is 3.54. The molecule has 0 aromatic heterocycles. The molecular weight excluding hydrogens is 420 g/mol. The van der Waals surface area contributed by atoms with Gasteiger partial charge in [0.1, 0.15) is 6.61 Å². The van der Waals surface area contributed by atoms with Gasteiger partial charge < -0.3 is 20.1 Å². The van der Waals surface area contributed by atoms with E-state index < -0.39 is 18.0 Å². The summed E-state index contributed by atoms with van der Waals surface area (Å²) in [5.74, 6) is -1.65. The van der Waals surface area contributed by atoms with Crippen LogP contribution in [0.4, 0.5) is 4.79 Å². The molecule has 7 heteroatoms. The Labute approximate surface area is 193 Å². The number of rotatable bonds is 9. The lowest BCUT2D eigenvalue weighted by atomic mass is 9.98. The Morgan fingerprint density at radius 3 is 2.27 bits per heavy atom. The molecule has 4 rings (SSSR count). The van der Waals surface area contributed by atoms with Crippen molar-refractivity contribution in [2.75, 3.05) is 26.2 Å². The summed E-state index contributed by atoms with van der Waals surface area (Å²) in [7, 11) is 0. The fourth-order valence-electron chi connectivity index (χ4n) is 4.66. The van der Waals surface area contributed by atoms with Crippen LogP contribution in [-0.2, 0) is 14.3 Å². The number of carboxylic acid groups (broad SMARTS) is 1. The number of carbonyl (C=O) groups is 3. The minimum Gasteiger partial charge on any atom is -0.481 e. The summed E-state index contributed by atoms with van der Waals surface area (Å²) >= 11 is 0. The van der Waals surface area contributed by atoms with Gasteiger partial charge in [0, 0.05) is 31.5 Å². The zero-order valence-electron chi connectivity index (χ0n) is 19.0. The summed E-state index contributed by atoms with van der Waals surface area (Å²) in [4.78, 5) is 37.7. The van der Waals surface area contributed by atoms with Crippen LogP contribution < -0.4 is 5.32 Å². The van der Waals surface area contributed by atoms with Crippen LogP contribution in [0.1, 0.15) is 37.3 Å². The first kappa shape index (κ1) is 22.8. The van der Waals surface area contributed by atoms with Gasteiger partial charge in [-0.05, 0) is 41.5 Å². The molecule has 1 saturated carbocycles. The van der Waals surface area contributed by atoms with Crippen LogP contribution in [0.15, 0.2) is 48.5 Å². The predicted octanol–water partition coefficient (Wildman–Crippen LogP) is 3.73. The SMILES string of the molecule is CCN(CC(C)C(=O)O)C(=O)[C@@H]1C[C@@H]1CNC(=O)OCC1c2ccccc2-c2ccccc21. The number of carboxylic acids is 1. The van der Waals surface area contributed by atoms with Crippen molar-refractivity contribution in [2.45, 2.75) is 26.2 Å². The molecule has 174 valence electrons. The summed E-state index contributed by atoms with van der Waals surface area (Å²) in [6, 6.07) is 16.4. The van der Waals surface area contributed by atoms with Gasteiger partial charge in [-0.2, -0.15) is 0 Å². The van der Waals surface area contributed by atoms with E-state index in [1.165, 1.54) is 11.1 Å². The Balaban J connectivity index is 1.26. The van der Waals surface area contributed by atoms with E-state index in [0.29, 0.717) is 19.5 Å². The molecule has 2 amide bonds. The number of amides is 2. The van der Waals surface area contributed by atoms with E-state index in [0.717, 1.165) is 11.1 Å². The first-order chi connectivity index (χ1) is 15.9. The number of fused-ring (bicyclic) bond motifs is 3. The van der Waals surface area contributed by atoms with Crippen LogP contribution in [0.3, 0.4) is 0 Å². The third kappa shape index (κ3) is 4.87. The maximum Gasteiger partial charge on any atom is 0.407 e. The topological polar surface area (TPSA) is 95.9 Å². The summed E-state index contributed by atoms with van der Waals surface area (Å²) in [5.41, 5.74) is 4.68. The van der Waals surface area contributed by atoms with Gasteiger partial charge in [-0.1, -0.05) is 55.5 Å². The molecule has 1 fully saturated rings. The molecule has 0 saturated heterocycles. The number of aliphatic carboxylic acids is 1. The van der Waals surface area contributed by atoms with E-state index >= 15 is 0 Å². The number of nitrogens with zero attached hydrogens (tertiary/aromatic N) is 1. The first-order valence-electron chi connectivity index (χ1n) is 11.5. The van der Waals surface area contributed by atoms with E-state index in [-0.39, 0.29) is 36.8 Å². The van der Waals surface area contributed by atoms with Crippen molar-refractivity contribution >= 4 is 18.0 Å². The standard InChI is InChI=1S/C26H30N2O5/c1-3-28(14-16(2)25(30)31)24(29)22-12-17(22)13-27-26(32)33-15-23-20-10-6-4-8-18(20)19-9-5-7-11-21(19)23/h4-11,16-17,22-23H,3,12-15H2,1-2H3,(H,27,32)(H,30,31)/t16?,17-,22-/m1/s1. The van der Waals surface area contributed by atoms with Crippen LogP contribution in [-0.4, -0.2) is 54.2 Å². The van der Waals surface area contributed by atoms with Gasteiger partial charge in [0.05, 0.1) is 5.92 Å². The molecule has 2 aliphatic carbocycles. The lowest BCUT2D eigenvalue weighted by Crippen LogP contribution is -2.38. The number of nitrogens with one attached hydrogen (secondary N) is 1. The van der Waals surface area contributed by atoms with Gasteiger partial charge in [0.15, 0.2) is 0 Å². The van der Waals surface area contributed by atoms with Gasteiger partial charge >= 0.3 is 12.1 Å². The number of hydrogen-bond acceptors (Lipinski definition) is 4. The molecule has 2 N–H and O–H groups in total. The minimum atomic E-state index is -0.912. The zero-order valence-corrected chi connectivity index (χ0v) is 19.0. The van der Waals surface area contributed by atoms with Crippen molar-refractivity contribution in [1.29, 1.82) is 0 Å². The average molecular weight is 451 g/mol. The molecule has 0 spiro atoms. The van der Waals surface area contributed by atoms with Gasteiger partial charge in [-0.3, -0.25) is 9.59 Å². The molecule has 0 bridgehead atoms. The Morgan fingerprint density at radius 2 is 1.70 bits per heavy atom. The van der Waals surface area contributed by atoms with Gasteiger partial charge in [0.25, 0.3) is 0 Å². The molecule has 1 unspecified atom stereocenters. The Hall–Kier alpha value is -3.35. The van der Waals surface area contributed by atoms with Crippen LogP contribution >= 0.6 is 0 Å². The maximum absolute atomic E-state index is 12.7. The number of benzene rings is 2. The number of alkyl carbamates (subject to hydrolysis) is 1. The van der Waals surface area contributed by atoms with E-state index in [1.807, 2.05) is 31.2 Å². The highest BCUT2D eigenvalue weighted by Gasteiger charge is 2.45. The van der Waals surface area contributed by atoms with Crippen LogP contribution in [0, 0.1) is 17.8 Å². The Morgan fingerprint density at radius 1 is 1.09 bits per heavy atom. The van der Waals surface area contributed by atoms with Gasteiger partial charge in [-0.15, -0.1) is 0 Å². The largest absolute Gasteiger partial charge is 0.481 e. The highest BCUT2D eigenvalue weighted by molar-refractivity contribution is 5.82. The van der Waals surface area contributed by atoms with Gasteiger partial charge in [0.2, 0.25) is 5.91 Å². The maximum atomic E-state index is 12.7. The first-order valence-corrected chi connectivity index (χ1v) is 11.5. The lowest BCUT2D eigenvalue weighted by molar-refractivity contribution is -0.143. The Bertz CT molecular complexity index is 1010. The van der Waals surface area contributed by atoms with Crippen LogP contribution in [0.25, 0.3) is 11.1 Å². The smallest absolute Gasteiger partial charge is 0.407 e. The molecule has 33 heavy (non-hydrogen) atoms. The molecule has 2 aromatic rings. The normalized spacial score (nSPS) is 19.2. The van der Waals surface area contributed by atoms with E-state index in [4.69, 9.17) is 9.84 Å². The third-order valence-corrected chi connectivity index (χ3v) is 6.70. The van der Waals surface area contributed by atoms with E-state index in [9.17, 15) is 14.4 Å². The quantitative estimate of drug-likeness (QED) is 0.607. The van der Waals surface area contributed by atoms with Crippen LogP contribution in [0.2, 0.25) is 0 Å². The fourth-order valence-corrected chi connectivity index (χ4v) is 4.66. The number of carbonyl (C=O) groups excluding carboxylic acids is 2. The molecule has 0 heterocycles.